The molecule has 0 radical (unpaired) electrons. The Labute approximate surface area is 136 Å². The summed E-state index contributed by atoms with van der Waals surface area (Å²) in [5.74, 6) is 0.755. The Hall–Kier alpha value is -0.550. The highest BCUT2D eigenvalue weighted by molar-refractivity contribution is 9.11. The van der Waals surface area contributed by atoms with Crippen molar-refractivity contribution in [1.82, 2.24) is 4.90 Å². The van der Waals surface area contributed by atoms with Crippen LogP contribution < -0.4 is 4.74 Å². The molecule has 1 fully saturated rings. The molecular weight excluding hydrogens is 386 g/mol. The number of piperidine rings is 1. The minimum absolute atomic E-state index is 0.0663. The number of rotatable bonds is 3. The third-order valence-electron chi connectivity index (χ3n) is 3.61. The predicted molar refractivity (Wildman–Crippen MR) is 87.1 cm³/mol. The van der Waals surface area contributed by atoms with E-state index in [1.807, 2.05) is 24.0 Å². The largest absolute Gasteiger partial charge is 0.481 e. The van der Waals surface area contributed by atoms with Crippen molar-refractivity contribution >= 4 is 37.8 Å². The highest BCUT2D eigenvalue weighted by Gasteiger charge is 2.23. The van der Waals surface area contributed by atoms with Crippen molar-refractivity contribution in [2.45, 2.75) is 39.2 Å². The average molecular weight is 405 g/mol. The second-order valence-electron chi connectivity index (χ2n) is 5.28. The van der Waals surface area contributed by atoms with Gasteiger partial charge in [-0.3, -0.25) is 4.79 Å². The van der Waals surface area contributed by atoms with E-state index in [9.17, 15) is 4.79 Å². The Morgan fingerprint density at radius 3 is 2.60 bits per heavy atom. The zero-order chi connectivity index (χ0) is 14.7. The molecule has 3 nitrogen and oxygen atoms in total. The van der Waals surface area contributed by atoms with Gasteiger partial charge in [-0.25, -0.2) is 0 Å². The van der Waals surface area contributed by atoms with Crippen LogP contribution in [-0.2, 0) is 4.79 Å². The van der Waals surface area contributed by atoms with E-state index in [0.29, 0.717) is 11.8 Å². The summed E-state index contributed by atoms with van der Waals surface area (Å²) in [5, 5.41) is 0. The third kappa shape index (κ3) is 3.76. The number of nitrogens with zero attached hydrogens (tertiary/aromatic N) is 1. The summed E-state index contributed by atoms with van der Waals surface area (Å²) in [6.07, 6.45) is 3.39. The van der Waals surface area contributed by atoms with Crippen LogP contribution in [0.25, 0.3) is 0 Å². The van der Waals surface area contributed by atoms with E-state index < -0.39 is 0 Å². The topological polar surface area (TPSA) is 29.5 Å². The van der Waals surface area contributed by atoms with Gasteiger partial charge >= 0.3 is 0 Å². The predicted octanol–water partition coefficient (Wildman–Crippen LogP) is 4.30. The molecule has 1 saturated heterocycles. The van der Waals surface area contributed by atoms with Crippen LogP contribution in [0.5, 0.6) is 5.75 Å². The molecule has 110 valence electrons. The summed E-state index contributed by atoms with van der Waals surface area (Å²) >= 11 is 6.95. The van der Waals surface area contributed by atoms with E-state index in [1.165, 1.54) is 6.42 Å². The normalized spacial score (nSPS) is 19.0. The van der Waals surface area contributed by atoms with Gasteiger partial charge in [-0.15, -0.1) is 0 Å². The minimum Gasteiger partial charge on any atom is -0.481 e. The first kappa shape index (κ1) is 15.8. The Kier molecular flexibility index (Phi) is 5.49. The highest BCUT2D eigenvalue weighted by atomic mass is 79.9. The fraction of sp³-hybridized carbons (Fsp3) is 0.533. The van der Waals surface area contributed by atoms with Gasteiger partial charge in [0.05, 0.1) is 8.95 Å². The molecule has 0 aliphatic carbocycles. The molecule has 1 aromatic rings. The Morgan fingerprint density at radius 1 is 1.35 bits per heavy atom. The Morgan fingerprint density at radius 2 is 2.00 bits per heavy atom. The van der Waals surface area contributed by atoms with E-state index >= 15 is 0 Å². The van der Waals surface area contributed by atoms with Crippen molar-refractivity contribution in [3.8, 4) is 5.75 Å². The average Bonchev–Trinajstić information content (AvgIpc) is 2.37. The molecule has 2 rings (SSSR count). The second-order valence-corrected chi connectivity index (χ2v) is 6.99. The maximum Gasteiger partial charge on any atom is 0.260 e. The number of benzene rings is 1. The molecule has 0 spiro atoms. The molecule has 0 saturated carbocycles. The molecule has 1 amide bonds. The molecule has 1 heterocycles. The lowest BCUT2D eigenvalue weighted by Gasteiger charge is -2.33. The van der Waals surface area contributed by atoms with Gasteiger partial charge in [-0.1, -0.05) is 0 Å². The van der Waals surface area contributed by atoms with E-state index in [2.05, 4.69) is 38.8 Å². The van der Waals surface area contributed by atoms with Crippen LogP contribution in [0.4, 0.5) is 0 Å². The summed E-state index contributed by atoms with van der Waals surface area (Å²) in [4.78, 5) is 14.2. The number of carbonyl (C=O) groups excluding carboxylic acids is 1. The zero-order valence-electron chi connectivity index (χ0n) is 11.8. The maximum atomic E-state index is 12.2. The van der Waals surface area contributed by atoms with Gasteiger partial charge in [0.2, 0.25) is 0 Å². The molecular formula is C15H19Br2NO2. The van der Waals surface area contributed by atoms with Gasteiger partial charge in [-0.05, 0) is 82.7 Å². The van der Waals surface area contributed by atoms with Crippen LogP contribution >= 0.6 is 31.9 Å². The highest BCUT2D eigenvalue weighted by Crippen LogP contribution is 2.34. The number of carbonyl (C=O) groups is 1. The van der Waals surface area contributed by atoms with E-state index in [-0.39, 0.29) is 12.5 Å². The van der Waals surface area contributed by atoms with Crippen LogP contribution in [-0.4, -0.2) is 30.0 Å². The Balaban J connectivity index is 2.00. The summed E-state index contributed by atoms with van der Waals surface area (Å²) < 4.78 is 7.43. The first-order chi connectivity index (χ1) is 9.49. The summed E-state index contributed by atoms with van der Waals surface area (Å²) in [6.45, 7) is 5.05. The van der Waals surface area contributed by atoms with Crippen molar-refractivity contribution in [3.63, 3.8) is 0 Å². The van der Waals surface area contributed by atoms with Crippen LogP contribution in [0.1, 0.15) is 31.7 Å². The standard InChI is InChI=1S/C15H19Br2NO2/c1-10-7-12(16)15(13(17)8-10)20-9-14(19)18-6-4-3-5-11(18)2/h7-8,11H,3-6,9H2,1-2H3/t11-/m1/s1. The van der Waals surface area contributed by atoms with Crippen molar-refractivity contribution in [3.05, 3.63) is 26.6 Å². The molecule has 0 aromatic heterocycles. The van der Waals surface area contributed by atoms with E-state index in [1.54, 1.807) is 0 Å². The van der Waals surface area contributed by atoms with Crippen LogP contribution in [0, 0.1) is 6.92 Å². The van der Waals surface area contributed by atoms with Crippen LogP contribution in [0.3, 0.4) is 0 Å². The van der Waals surface area contributed by atoms with Gasteiger partial charge in [0.1, 0.15) is 5.75 Å². The fourth-order valence-electron chi connectivity index (χ4n) is 2.51. The van der Waals surface area contributed by atoms with Gasteiger partial charge < -0.3 is 9.64 Å². The first-order valence-corrected chi connectivity index (χ1v) is 8.45. The van der Waals surface area contributed by atoms with Gasteiger partial charge in [0, 0.05) is 12.6 Å². The quantitative estimate of drug-likeness (QED) is 0.751. The molecule has 20 heavy (non-hydrogen) atoms. The maximum absolute atomic E-state index is 12.2. The number of likely N-dealkylation sites (tertiary alicyclic amines) is 1. The molecule has 0 bridgehead atoms. The third-order valence-corrected chi connectivity index (χ3v) is 4.78. The number of hydrogen-bond donors (Lipinski definition) is 0. The molecule has 1 aliphatic heterocycles. The molecule has 1 aliphatic rings. The second kappa shape index (κ2) is 6.94. The lowest BCUT2D eigenvalue weighted by Crippen LogP contribution is -2.44. The summed E-state index contributed by atoms with van der Waals surface area (Å²) in [6, 6.07) is 4.28. The van der Waals surface area contributed by atoms with Crippen molar-refractivity contribution in [2.75, 3.05) is 13.2 Å². The Bertz CT molecular complexity index is 482. The van der Waals surface area contributed by atoms with Crippen molar-refractivity contribution in [2.24, 2.45) is 0 Å². The first-order valence-electron chi connectivity index (χ1n) is 6.87. The zero-order valence-corrected chi connectivity index (χ0v) is 15.0. The number of ether oxygens (including phenoxy) is 1. The van der Waals surface area contributed by atoms with E-state index in [4.69, 9.17) is 4.74 Å². The SMILES string of the molecule is Cc1cc(Br)c(OCC(=O)N2CCCC[C@H]2C)c(Br)c1. The molecule has 1 aromatic carbocycles. The number of amides is 1. The molecule has 5 heteroatoms. The number of aryl methyl sites for hydroxylation is 1. The van der Waals surface area contributed by atoms with Gasteiger partial charge in [0.15, 0.2) is 6.61 Å². The van der Waals surface area contributed by atoms with Crippen molar-refractivity contribution < 1.29 is 9.53 Å². The van der Waals surface area contributed by atoms with Gasteiger partial charge in [0.25, 0.3) is 5.91 Å². The summed E-state index contributed by atoms with van der Waals surface area (Å²) in [7, 11) is 0. The van der Waals surface area contributed by atoms with Crippen LogP contribution in [0.15, 0.2) is 21.1 Å². The lowest BCUT2D eigenvalue weighted by atomic mass is 10.0. The van der Waals surface area contributed by atoms with Gasteiger partial charge in [-0.2, -0.15) is 0 Å². The lowest BCUT2D eigenvalue weighted by molar-refractivity contribution is -0.136. The monoisotopic (exact) mass is 403 g/mol. The fourth-order valence-corrected chi connectivity index (χ4v) is 4.15. The van der Waals surface area contributed by atoms with E-state index in [0.717, 1.165) is 33.9 Å². The number of halogens is 2. The smallest absolute Gasteiger partial charge is 0.260 e. The van der Waals surface area contributed by atoms with Crippen molar-refractivity contribution in [1.29, 1.82) is 0 Å². The molecule has 0 N–H and O–H groups in total. The van der Waals surface area contributed by atoms with Crippen LogP contribution in [0.2, 0.25) is 0 Å². The molecule has 0 unspecified atom stereocenters. The minimum atomic E-state index is 0.0663. The summed E-state index contributed by atoms with van der Waals surface area (Å²) in [5.41, 5.74) is 1.13. The molecule has 1 atom stereocenters. The number of hydrogen-bond acceptors (Lipinski definition) is 2.